The highest BCUT2D eigenvalue weighted by molar-refractivity contribution is 7.90. The molecule has 0 fully saturated rings. The maximum atomic E-state index is 11.3. The summed E-state index contributed by atoms with van der Waals surface area (Å²) >= 11 is 0. The molecule has 0 spiro atoms. The van der Waals surface area contributed by atoms with E-state index in [2.05, 4.69) is 0 Å². The lowest BCUT2D eigenvalue weighted by molar-refractivity contribution is 0.379. The maximum absolute atomic E-state index is 11.3. The lowest BCUT2D eigenvalue weighted by atomic mass is 10.3. The summed E-state index contributed by atoms with van der Waals surface area (Å²) in [5.41, 5.74) is 0. The summed E-state index contributed by atoms with van der Waals surface area (Å²) in [5, 5.41) is 9.91. The molecule has 1 aromatic rings. The third kappa shape index (κ3) is 2.90. The summed E-state index contributed by atoms with van der Waals surface area (Å²) in [4.78, 5) is -0.982. The van der Waals surface area contributed by atoms with Crippen LogP contribution in [-0.4, -0.2) is 31.1 Å². The van der Waals surface area contributed by atoms with Crippen molar-refractivity contribution < 1.29 is 26.3 Å². The van der Waals surface area contributed by atoms with Gasteiger partial charge in [0.1, 0.15) is 21.3 Å². The SMILES string of the molecule is COc1cc(OC)c(S(N)(=O)=O)cc1S(N)(=O)=O. The van der Waals surface area contributed by atoms with Crippen molar-refractivity contribution in [3.05, 3.63) is 12.1 Å². The third-order valence-electron chi connectivity index (χ3n) is 2.06. The Balaban J connectivity index is 3.76. The largest absolute Gasteiger partial charge is 0.495 e. The predicted octanol–water partition coefficient (Wildman–Crippen LogP) is -1.00. The van der Waals surface area contributed by atoms with Crippen LogP contribution in [0.4, 0.5) is 0 Å². The molecule has 0 amide bonds. The highest BCUT2D eigenvalue weighted by Crippen LogP contribution is 2.33. The van der Waals surface area contributed by atoms with Crippen molar-refractivity contribution in [3.8, 4) is 11.5 Å². The first-order valence-electron chi connectivity index (χ1n) is 4.43. The second-order valence-electron chi connectivity index (χ2n) is 3.24. The molecule has 8 nitrogen and oxygen atoms in total. The van der Waals surface area contributed by atoms with Crippen LogP contribution in [0.15, 0.2) is 21.9 Å². The standard InChI is InChI=1S/C8H12N2O6S2/c1-15-5-3-6(16-2)8(18(10,13)14)4-7(5)17(9,11)12/h3-4H,1-2H3,(H2,9,11,12)(H2,10,13,14). The fraction of sp³-hybridized carbons (Fsp3) is 0.250. The molecule has 102 valence electrons. The molecule has 10 heteroatoms. The molecule has 0 saturated heterocycles. The van der Waals surface area contributed by atoms with Gasteiger partial charge in [-0.25, -0.2) is 27.1 Å². The minimum Gasteiger partial charge on any atom is -0.495 e. The van der Waals surface area contributed by atoms with Gasteiger partial charge >= 0.3 is 0 Å². The fourth-order valence-electron chi connectivity index (χ4n) is 1.29. The van der Waals surface area contributed by atoms with Crippen LogP contribution in [0.2, 0.25) is 0 Å². The number of methoxy groups -OCH3 is 2. The van der Waals surface area contributed by atoms with Crippen molar-refractivity contribution in [1.82, 2.24) is 0 Å². The van der Waals surface area contributed by atoms with E-state index >= 15 is 0 Å². The predicted molar refractivity (Wildman–Crippen MR) is 62.3 cm³/mol. The first-order valence-corrected chi connectivity index (χ1v) is 7.52. The number of ether oxygens (including phenoxy) is 2. The minimum absolute atomic E-state index is 0.137. The Morgan fingerprint density at radius 3 is 1.39 bits per heavy atom. The van der Waals surface area contributed by atoms with E-state index < -0.39 is 29.8 Å². The first-order chi connectivity index (χ1) is 8.11. The van der Waals surface area contributed by atoms with Gasteiger partial charge in [0.15, 0.2) is 0 Å². The number of rotatable bonds is 4. The molecule has 0 saturated carbocycles. The Kier molecular flexibility index (Phi) is 3.86. The molecule has 0 aliphatic rings. The van der Waals surface area contributed by atoms with E-state index in [0.29, 0.717) is 0 Å². The second-order valence-corrected chi connectivity index (χ2v) is 6.30. The molecule has 0 unspecified atom stereocenters. The molecule has 18 heavy (non-hydrogen) atoms. The van der Waals surface area contributed by atoms with Gasteiger partial charge in [0.05, 0.1) is 14.2 Å². The summed E-state index contributed by atoms with van der Waals surface area (Å²) in [5.74, 6) is -0.275. The molecule has 0 heterocycles. The Labute approximate surface area is 105 Å². The van der Waals surface area contributed by atoms with Crippen LogP contribution in [0.3, 0.4) is 0 Å². The quantitative estimate of drug-likeness (QED) is 0.730. The van der Waals surface area contributed by atoms with Gasteiger partial charge in [-0.05, 0) is 6.07 Å². The number of hydrogen-bond donors (Lipinski definition) is 2. The molecule has 0 atom stereocenters. The summed E-state index contributed by atoms with van der Waals surface area (Å²) < 4.78 is 54.9. The number of benzene rings is 1. The normalized spacial score (nSPS) is 12.2. The van der Waals surface area contributed by atoms with Crippen LogP contribution in [-0.2, 0) is 20.0 Å². The Bertz CT molecular complexity index is 610. The van der Waals surface area contributed by atoms with Crippen LogP contribution in [0.5, 0.6) is 11.5 Å². The van der Waals surface area contributed by atoms with E-state index in [1.165, 1.54) is 14.2 Å². The molecule has 0 aromatic heterocycles. The number of hydrogen-bond acceptors (Lipinski definition) is 6. The number of nitrogens with two attached hydrogens (primary N) is 2. The van der Waals surface area contributed by atoms with Crippen LogP contribution < -0.4 is 19.8 Å². The van der Waals surface area contributed by atoms with Crippen LogP contribution in [0.1, 0.15) is 0 Å². The van der Waals surface area contributed by atoms with Gasteiger partial charge in [-0.2, -0.15) is 0 Å². The molecular formula is C8H12N2O6S2. The number of sulfonamides is 2. The lowest BCUT2D eigenvalue weighted by Crippen LogP contribution is -2.18. The Morgan fingerprint density at radius 1 is 0.833 bits per heavy atom. The molecule has 1 rings (SSSR count). The van der Waals surface area contributed by atoms with Crippen LogP contribution in [0, 0.1) is 0 Å². The van der Waals surface area contributed by atoms with Crippen LogP contribution in [0.25, 0.3) is 0 Å². The summed E-state index contributed by atoms with van der Waals surface area (Å²) in [7, 11) is -5.89. The van der Waals surface area contributed by atoms with Gasteiger partial charge < -0.3 is 9.47 Å². The van der Waals surface area contributed by atoms with E-state index in [0.717, 1.165) is 12.1 Å². The lowest BCUT2D eigenvalue weighted by Gasteiger charge is -2.12. The summed E-state index contributed by atoms with van der Waals surface area (Å²) in [6.07, 6.45) is 0. The van der Waals surface area contributed by atoms with Gasteiger partial charge in [-0.3, -0.25) is 0 Å². The van der Waals surface area contributed by atoms with Crippen molar-refractivity contribution in [3.63, 3.8) is 0 Å². The molecule has 0 bridgehead atoms. The average Bonchev–Trinajstić information content (AvgIpc) is 2.24. The van der Waals surface area contributed by atoms with Crippen molar-refractivity contribution in [1.29, 1.82) is 0 Å². The maximum Gasteiger partial charge on any atom is 0.241 e. The van der Waals surface area contributed by atoms with Gasteiger partial charge in [0.25, 0.3) is 0 Å². The molecule has 4 N–H and O–H groups in total. The fourth-order valence-corrected chi connectivity index (χ4v) is 2.77. The molecular weight excluding hydrogens is 284 g/mol. The molecule has 0 aliphatic carbocycles. The van der Waals surface area contributed by atoms with Gasteiger partial charge in [-0.15, -0.1) is 0 Å². The highest BCUT2D eigenvalue weighted by Gasteiger charge is 2.24. The van der Waals surface area contributed by atoms with Gasteiger partial charge in [0, 0.05) is 6.07 Å². The zero-order valence-electron chi connectivity index (χ0n) is 9.58. The van der Waals surface area contributed by atoms with E-state index in [4.69, 9.17) is 19.8 Å². The second kappa shape index (κ2) is 4.72. The van der Waals surface area contributed by atoms with Crippen molar-refractivity contribution in [2.75, 3.05) is 14.2 Å². The van der Waals surface area contributed by atoms with Crippen LogP contribution >= 0.6 is 0 Å². The average molecular weight is 296 g/mol. The smallest absolute Gasteiger partial charge is 0.241 e. The number of primary sulfonamides is 2. The Morgan fingerprint density at radius 2 is 1.17 bits per heavy atom. The monoisotopic (exact) mass is 296 g/mol. The van der Waals surface area contributed by atoms with Gasteiger partial charge in [0.2, 0.25) is 20.0 Å². The van der Waals surface area contributed by atoms with E-state index in [9.17, 15) is 16.8 Å². The third-order valence-corrected chi connectivity index (χ3v) is 3.93. The first kappa shape index (κ1) is 14.7. The summed E-state index contributed by atoms with van der Waals surface area (Å²) in [6, 6.07) is 1.88. The molecule has 1 aromatic carbocycles. The zero-order valence-corrected chi connectivity index (χ0v) is 11.2. The zero-order chi connectivity index (χ0) is 14.1. The van der Waals surface area contributed by atoms with E-state index in [1.54, 1.807) is 0 Å². The summed E-state index contributed by atoms with van der Waals surface area (Å²) in [6.45, 7) is 0. The van der Waals surface area contributed by atoms with Crippen molar-refractivity contribution >= 4 is 20.0 Å². The molecule has 0 aliphatic heterocycles. The minimum atomic E-state index is -4.15. The van der Waals surface area contributed by atoms with Crippen molar-refractivity contribution in [2.24, 2.45) is 10.3 Å². The van der Waals surface area contributed by atoms with E-state index in [1.807, 2.05) is 0 Å². The van der Waals surface area contributed by atoms with Crippen molar-refractivity contribution in [2.45, 2.75) is 9.79 Å². The topological polar surface area (TPSA) is 139 Å². The highest BCUT2D eigenvalue weighted by atomic mass is 32.2. The van der Waals surface area contributed by atoms with E-state index in [-0.39, 0.29) is 11.5 Å². The van der Waals surface area contributed by atoms with Gasteiger partial charge in [-0.1, -0.05) is 0 Å². The molecule has 0 radical (unpaired) electrons. The Hall–Kier alpha value is -1.36.